The van der Waals surface area contributed by atoms with E-state index in [1.807, 2.05) is 24.3 Å². The number of nitrogens with one attached hydrogen (secondary N) is 3. The maximum absolute atomic E-state index is 13.0. The second-order valence-corrected chi connectivity index (χ2v) is 8.87. The number of likely N-dealkylation sites (N-methyl/N-ethyl adjacent to an activating group) is 1. The number of aromatic amines is 1. The number of nitrogens with zero attached hydrogens (tertiary/aromatic N) is 2. The van der Waals surface area contributed by atoms with Crippen LogP contribution in [0.4, 0.5) is 17.1 Å². The van der Waals surface area contributed by atoms with Gasteiger partial charge in [-0.2, -0.15) is 0 Å². The molecule has 0 bridgehead atoms. The summed E-state index contributed by atoms with van der Waals surface area (Å²) in [7, 11) is 1.75. The minimum Gasteiger partial charge on any atom is -0.381 e. The zero-order chi connectivity index (χ0) is 23.2. The second-order valence-electron chi connectivity index (χ2n) is 8.87. The van der Waals surface area contributed by atoms with Crippen LogP contribution in [0.15, 0.2) is 41.3 Å². The van der Waals surface area contributed by atoms with Crippen LogP contribution in [0.5, 0.6) is 0 Å². The van der Waals surface area contributed by atoms with E-state index in [1.54, 1.807) is 19.4 Å². The van der Waals surface area contributed by atoms with E-state index in [0.717, 1.165) is 64.1 Å². The molecule has 3 N–H and O–H groups in total. The maximum atomic E-state index is 13.0. The van der Waals surface area contributed by atoms with E-state index in [0.29, 0.717) is 17.5 Å². The third kappa shape index (κ3) is 5.75. The molecule has 1 aliphatic carbocycles. The van der Waals surface area contributed by atoms with Crippen molar-refractivity contribution in [2.75, 3.05) is 55.4 Å². The first kappa shape index (κ1) is 23.3. The van der Waals surface area contributed by atoms with Crippen molar-refractivity contribution in [3.05, 3.63) is 52.4 Å². The van der Waals surface area contributed by atoms with Gasteiger partial charge in [-0.15, -0.1) is 0 Å². The van der Waals surface area contributed by atoms with Crippen LogP contribution in [0, 0.1) is 0 Å². The van der Waals surface area contributed by atoms with Crippen molar-refractivity contribution in [2.24, 2.45) is 0 Å². The number of pyridine rings is 1. The summed E-state index contributed by atoms with van der Waals surface area (Å²) in [5, 5.41) is 6.31. The number of hydrogen-bond donors (Lipinski definition) is 3. The number of anilines is 3. The van der Waals surface area contributed by atoms with Gasteiger partial charge in [-0.3, -0.25) is 9.59 Å². The first-order chi connectivity index (χ1) is 16.1. The lowest BCUT2D eigenvalue weighted by Gasteiger charge is -2.35. The molecular weight excluding hydrogens is 418 g/mol. The molecule has 178 valence electrons. The van der Waals surface area contributed by atoms with Crippen LogP contribution in [0.1, 0.15) is 43.0 Å². The van der Waals surface area contributed by atoms with E-state index >= 15 is 0 Å². The Morgan fingerprint density at radius 3 is 2.39 bits per heavy atom. The second kappa shape index (κ2) is 10.9. The number of ether oxygens (including phenoxy) is 1. The molecule has 2 aromatic rings. The molecule has 0 radical (unpaired) electrons. The minimum atomic E-state index is -0.408. The van der Waals surface area contributed by atoms with E-state index in [1.165, 1.54) is 0 Å². The van der Waals surface area contributed by atoms with Gasteiger partial charge in [0, 0.05) is 56.9 Å². The van der Waals surface area contributed by atoms with Gasteiger partial charge in [0.15, 0.2) is 0 Å². The lowest BCUT2D eigenvalue weighted by Crippen LogP contribution is -2.46. The highest BCUT2D eigenvalue weighted by Crippen LogP contribution is 2.25. The number of aromatic nitrogens is 1. The summed E-state index contributed by atoms with van der Waals surface area (Å²) in [5.74, 6) is -0.408. The number of hydrogen-bond acceptors (Lipinski definition) is 6. The molecule has 0 atom stereocenters. The quantitative estimate of drug-likeness (QED) is 0.597. The first-order valence-electron chi connectivity index (χ1n) is 12.0. The zero-order valence-corrected chi connectivity index (χ0v) is 19.6. The number of rotatable bonds is 7. The molecule has 0 spiro atoms. The number of piperazine rings is 1. The zero-order valence-electron chi connectivity index (χ0n) is 19.6. The molecule has 8 heteroatoms. The predicted octanol–water partition coefficient (Wildman–Crippen LogP) is 3.14. The number of H-pyrrole nitrogens is 1. The van der Waals surface area contributed by atoms with Gasteiger partial charge in [0.25, 0.3) is 11.5 Å². The molecule has 1 saturated carbocycles. The Morgan fingerprint density at radius 2 is 1.76 bits per heavy atom. The van der Waals surface area contributed by atoms with Crippen molar-refractivity contribution in [3.8, 4) is 0 Å². The Hall–Kier alpha value is -2.84. The minimum absolute atomic E-state index is 0.117. The highest BCUT2D eigenvalue weighted by molar-refractivity contribution is 6.07. The highest BCUT2D eigenvalue weighted by atomic mass is 16.5. The topological polar surface area (TPSA) is 89.7 Å². The summed E-state index contributed by atoms with van der Waals surface area (Å²) in [4.78, 5) is 33.0. The summed E-state index contributed by atoms with van der Waals surface area (Å²) in [6, 6.07) is 9.83. The van der Waals surface area contributed by atoms with Gasteiger partial charge >= 0.3 is 0 Å². The smallest absolute Gasteiger partial charge is 0.263 e. The molecule has 1 saturated heterocycles. The van der Waals surface area contributed by atoms with E-state index in [9.17, 15) is 9.59 Å². The van der Waals surface area contributed by atoms with Gasteiger partial charge < -0.3 is 30.2 Å². The van der Waals surface area contributed by atoms with E-state index in [-0.39, 0.29) is 11.6 Å². The van der Waals surface area contributed by atoms with Gasteiger partial charge in [0.1, 0.15) is 5.56 Å². The number of amides is 1. The number of methoxy groups -OCH3 is 1. The van der Waals surface area contributed by atoms with Gasteiger partial charge in [0.2, 0.25) is 0 Å². The van der Waals surface area contributed by atoms with Crippen LogP contribution in [0.3, 0.4) is 0 Å². The molecule has 33 heavy (non-hydrogen) atoms. The molecule has 1 amide bonds. The standard InChI is InChI=1S/C25H35N5O3/c1-3-29-14-16-30(17-15-29)20-8-4-19(5-9-20)28-25(32)23-22(12-13-26-24(23)31)27-18-6-10-21(33-2)11-7-18/h4-5,8-9,12-13,18,21H,3,6-7,10-11,14-17H2,1-2H3,(H,28,32)(H2,26,27,31). The summed E-state index contributed by atoms with van der Waals surface area (Å²) in [6.45, 7) is 7.41. The largest absolute Gasteiger partial charge is 0.381 e. The Kier molecular flexibility index (Phi) is 7.67. The van der Waals surface area contributed by atoms with E-state index < -0.39 is 11.5 Å². The van der Waals surface area contributed by atoms with Crippen molar-refractivity contribution in [1.29, 1.82) is 0 Å². The molecule has 2 aliphatic rings. The molecular formula is C25H35N5O3. The summed E-state index contributed by atoms with van der Waals surface area (Å²) >= 11 is 0. The normalized spacial score (nSPS) is 21.6. The number of carbonyl (C=O) groups is 1. The fraction of sp³-hybridized carbons (Fsp3) is 0.520. The molecule has 2 fully saturated rings. The lowest BCUT2D eigenvalue weighted by atomic mass is 9.92. The predicted molar refractivity (Wildman–Crippen MR) is 132 cm³/mol. The van der Waals surface area contributed by atoms with Gasteiger partial charge in [-0.1, -0.05) is 6.92 Å². The average Bonchev–Trinajstić information content (AvgIpc) is 2.85. The van der Waals surface area contributed by atoms with Crippen molar-refractivity contribution in [2.45, 2.75) is 44.8 Å². The van der Waals surface area contributed by atoms with Crippen molar-refractivity contribution < 1.29 is 9.53 Å². The fourth-order valence-corrected chi connectivity index (χ4v) is 4.76. The average molecular weight is 454 g/mol. The van der Waals surface area contributed by atoms with Crippen LogP contribution in [-0.2, 0) is 4.74 Å². The number of benzene rings is 1. The molecule has 1 aromatic heterocycles. The number of carbonyl (C=O) groups excluding carboxylic acids is 1. The van der Waals surface area contributed by atoms with Crippen molar-refractivity contribution in [1.82, 2.24) is 9.88 Å². The van der Waals surface area contributed by atoms with Crippen LogP contribution >= 0.6 is 0 Å². The molecule has 1 aliphatic heterocycles. The molecule has 2 heterocycles. The van der Waals surface area contributed by atoms with Crippen LogP contribution in [-0.4, -0.2) is 67.8 Å². The molecule has 0 unspecified atom stereocenters. The summed E-state index contributed by atoms with van der Waals surface area (Å²) in [5.41, 5.74) is 2.11. The Morgan fingerprint density at radius 1 is 1.06 bits per heavy atom. The summed E-state index contributed by atoms with van der Waals surface area (Å²) < 4.78 is 5.44. The van der Waals surface area contributed by atoms with Gasteiger partial charge in [-0.05, 0) is 62.6 Å². The Bertz CT molecular complexity index is 974. The highest BCUT2D eigenvalue weighted by Gasteiger charge is 2.24. The molecule has 1 aromatic carbocycles. The van der Waals surface area contributed by atoms with Gasteiger partial charge in [0.05, 0.1) is 11.8 Å². The lowest BCUT2D eigenvalue weighted by molar-refractivity contribution is 0.0681. The van der Waals surface area contributed by atoms with Crippen LogP contribution in [0.25, 0.3) is 0 Å². The van der Waals surface area contributed by atoms with Crippen molar-refractivity contribution in [3.63, 3.8) is 0 Å². The monoisotopic (exact) mass is 453 g/mol. The van der Waals surface area contributed by atoms with Crippen LogP contribution in [0.2, 0.25) is 0 Å². The summed E-state index contributed by atoms with van der Waals surface area (Å²) in [6.07, 6.45) is 5.71. The Balaban J connectivity index is 1.41. The maximum Gasteiger partial charge on any atom is 0.263 e. The molecule has 4 rings (SSSR count). The SMILES string of the molecule is CCN1CCN(c2ccc(NC(=O)c3c(NC4CCC(OC)CC4)cc[nH]c3=O)cc2)CC1. The third-order valence-electron chi connectivity index (χ3n) is 6.86. The van der Waals surface area contributed by atoms with Gasteiger partial charge in [-0.25, -0.2) is 0 Å². The first-order valence-corrected chi connectivity index (χ1v) is 12.0. The Labute approximate surface area is 195 Å². The molecule has 8 nitrogen and oxygen atoms in total. The van der Waals surface area contributed by atoms with Crippen molar-refractivity contribution >= 4 is 23.0 Å². The van der Waals surface area contributed by atoms with E-state index in [2.05, 4.69) is 32.3 Å². The fourth-order valence-electron chi connectivity index (χ4n) is 4.76. The third-order valence-corrected chi connectivity index (χ3v) is 6.86. The van der Waals surface area contributed by atoms with E-state index in [4.69, 9.17) is 4.74 Å². The van der Waals surface area contributed by atoms with Crippen LogP contribution < -0.4 is 21.1 Å².